The van der Waals surface area contributed by atoms with Crippen LogP contribution in [-0.2, 0) is 11.2 Å². The Hall–Kier alpha value is -3.28. The van der Waals surface area contributed by atoms with Gasteiger partial charge in [-0.3, -0.25) is 4.79 Å². The van der Waals surface area contributed by atoms with E-state index in [1.54, 1.807) is 11.1 Å². The van der Waals surface area contributed by atoms with Gasteiger partial charge >= 0.3 is 0 Å². The number of carbonyl (C=O) groups is 1. The average molecular weight is 348 g/mol. The summed E-state index contributed by atoms with van der Waals surface area (Å²) in [6, 6.07) is 15.2. The summed E-state index contributed by atoms with van der Waals surface area (Å²) in [4.78, 5) is 14.8. The van der Waals surface area contributed by atoms with Crippen LogP contribution in [0.1, 0.15) is 5.56 Å². The lowest BCUT2D eigenvalue weighted by atomic mass is 10.1. The van der Waals surface area contributed by atoms with Crippen molar-refractivity contribution in [1.29, 1.82) is 0 Å². The highest BCUT2D eigenvalue weighted by molar-refractivity contribution is 5.99. The van der Waals surface area contributed by atoms with Crippen LogP contribution in [-0.4, -0.2) is 30.3 Å². The van der Waals surface area contributed by atoms with Gasteiger partial charge in [-0.2, -0.15) is 0 Å². The fourth-order valence-corrected chi connectivity index (χ4v) is 3.46. The summed E-state index contributed by atoms with van der Waals surface area (Å²) in [7, 11) is 0. The number of para-hydroxylation sites is 2. The minimum atomic E-state index is -0.634. The molecule has 26 heavy (non-hydrogen) atoms. The number of anilines is 1. The topological polar surface area (TPSA) is 64.8 Å². The lowest BCUT2D eigenvalue weighted by molar-refractivity contribution is -0.127. The third-order valence-electron chi connectivity index (χ3n) is 4.75. The monoisotopic (exact) mass is 348 g/mol. The number of benzene rings is 2. The Morgan fingerprint density at radius 2 is 2.00 bits per heavy atom. The first-order valence-corrected chi connectivity index (χ1v) is 8.53. The van der Waals surface area contributed by atoms with E-state index in [0.717, 1.165) is 29.0 Å². The van der Waals surface area contributed by atoms with E-state index in [1.807, 2.05) is 42.5 Å². The van der Waals surface area contributed by atoms with E-state index in [9.17, 15) is 4.79 Å². The van der Waals surface area contributed by atoms with E-state index < -0.39 is 6.10 Å². The van der Waals surface area contributed by atoms with E-state index in [2.05, 4.69) is 11.2 Å². The molecule has 0 saturated carbocycles. The molecule has 0 fully saturated rings. The summed E-state index contributed by atoms with van der Waals surface area (Å²) < 4.78 is 16.8. The number of hydrogen-bond acceptors (Lipinski definition) is 5. The molecule has 2 aromatic carbocycles. The molecule has 1 aromatic heterocycles. The zero-order chi connectivity index (χ0) is 17.5. The highest BCUT2D eigenvalue weighted by Crippen LogP contribution is 2.35. The number of fused-ring (bicyclic) bond motifs is 2. The first-order valence-electron chi connectivity index (χ1n) is 8.53. The van der Waals surface area contributed by atoms with Gasteiger partial charge in [0.15, 0.2) is 17.3 Å². The van der Waals surface area contributed by atoms with E-state index in [4.69, 9.17) is 14.0 Å². The first kappa shape index (κ1) is 15.0. The Morgan fingerprint density at radius 1 is 1.12 bits per heavy atom. The highest BCUT2D eigenvalue weighted by Gasteiger charge is 2.34. The molecule has 3 aromatic rings. The van der Waals surface area contributed by atoms with Crippen LogP contribution in [0, 0.1) is 0 Å². The van der Waals surface area contributed by atoms with Crippen molar-refractivity contribution in [1.82, 2.24) is 5.16 Å². The number of aromatic nitrogens is 1. The quantitative estimate of drug-likeness (QED) is 0.712. The third kappa shape index (κ3) is 2.42. The van der Waals surface area contributed by atoms with E-state index >= 15 is 0 Å². The van der Waals surface area contributed by atoms with Crippen molar-refractivity contribution >= 4 is 11.6 Å². The van der Waals surface area contributed by atoms with Crippen molar-refractivity contribution < 1.29 is 18.8 Å². The molecule has 2 aliphatic rings. The normalized spacial score (nSPS) is 17.8. The van der Waals surface area contributed by atoms with Gasteiger partial charge in [0, 0.05) is 23.9 Å². The smallest absolute Gasteiger partial charge is 0.271 e. The second kappa shape index (κ2) is 5.91. The largest absolute Gasteiger partial charge is 0.485 e. The third-order valence-corrected chi connectivity index (χ3v) is 4.75. The fraction of sp³-hybridized carbons (Fsp3) is 0.200. The Balaban J connectivity index is 1.39. The Bertz CT molecular complexity index is 968. The number of hydrogen-bond donors (Lipinski definition) is 0. The van der Waals surface area contributed by atoms with Gasteiger partial charge in [-0.25, -0.2) is 0 Å². The van der Waals surface area contributed by atoms with Crippen LogP contribution in [0.2, 0.25) is 0 Å². The summed E-state index contributed by atoms with van der Waals surface area (Å²) in [6.07, 6.45) is 1.79. The molecule has 0 N–H and O–H groups in total. The lowest BCUT2D eigenvalue weighted by Crippen LogP contribution is -2.46. The van der Waals surface area contributed by atoms with Gasteiger partial charge < -0.3 is 18.9 Å². The molecule has 3 heterocycles. The fourth-order valence-electron chi connectivity index (χ4n) is 3.46. The van der Waals surface area contributed by atoms with Gasteiger partial charge in [0.1, 0.15) is 6.61 Å². The van der Waals surface area contributed by atoms with Crippen LogP contribution < -0.4 is 14.4 Å². The Morgan fingerprint density at radius 3 is 2.85 bits per heavy atom. The molecule has 0 bridgehead atoms. The summed E-state index contributed by atoms with van der Waals surface area (Å²) in [5.74, 6) is 1.93. The number of amides is 1. The van der Waals surface area contributed by atoms with Gasteiger partial charge in [-0.15, -0.1) is 0 Å². The van der Waals surface area contributed by atoms with Crippen molar-refractivity contribution in [2.45, 2.75) is 12.5 Å². The molecular formula is C20H16N2O4. The molecular weight excluding hydrogens is 332 g/mol. The number of carbonyl (C=O) groups excluding carboxylic acids is 1. The van der Waals surface area contributed by atoms with Crippen LogP contribution in [0.25, 0.3) is 11.3 Å². The average Bonchev–Trinajstić information content (AvgIpc) is 3.36. The van der Waals surface area contributed by atoms with E-state index in [-0.39, 0.29) is 12.5 Å². The van der Waals surface area contributed by atoms with Crippen molar-refractivity contribution in [2.75, 3.05) is 18.1 Å². The standard InChI is InChI=1S/C20H16N2O4/c23-20(19-12-24-17-3-1-2-4-18(17)25-19)22-10-8-13-11-14(5-6-15(13)22)16-7-9-21-26-16/h1-7,9,11,19H,8,10,12H2. The molecule has 0 radical (unpaired) electrons. The van der Waals surface area contributed by atoms with Crippen LogP contribution >= 0.6 is 0 Å². The number of ether oxygens (including phenoxy) is 2. The summed E-state index contributed by atoms with van der Waals surface area (Å²) >= 11 is 0. The molecule has 1 atom stereocenters. The molecule has 1 unspecified atom stereocenters. The molecule has 0 aliphatic carbocycles. The minimum absolute atomic E-state index is 0.0781. The predicted octanol–water partition coefficient (Wildman–Crippen LogP) is 3.07. The zero-order valence-electron chi connectivity index (χ0n) is 13.9. The maximum atomic E-state index is 13.0. The van der Waals surface area contributed by atoms with Gasteiger partial charge in [-0.05, 0) is 42.3 Å². The molecule has 130 valence electrons. The van der Waals surface area contributed by atoms with Crippen molar-refractivity contribution in [3.05, 3.63) is 60.3 Å². The molecule has 5 rings (SSSR count). The van der Waals surface area contributed by atoms with E-state index in [1.165, 1.54) is 0 Å². The van der Waals surface area contributed by atoms with Crippen LogP contribution in [0.3, 0.4) is 0 Å². The van der Waals surface area contributed by atoms with Crippen LogP contribution in [0.15, 0.2) is 59.3 Å². The second-order valence-electron chi connectivity index (χ2n) is 6.32. The SMILES string of the molecule is O=C(C1COc2ccccc2O1)N1CCc2cc(-c3ccno3)ccc21. The number of nitrogens with zero attached hydrogens (tertiary/aromatic N) is 2. The molecule has 0 saturated heterocycles. The summed E-state index contributed by atoms with van der Waals surface area (Å²) in [5, 5.41) is 3.74. The maximum absolute atomic E-state index is 13.0. The van der Waals surface area contributed by atoms with Gasteiger partial charge in [0.05, 0.1) is 6.20 Å². The molecule has 6 heteroatoms. The number of rotatable bonds is 2. The van der Waals surface area contributed by atoms with Crippen molar-refractivity contribution in [3.63, 3.8) is 0 Å². The first-order chi connectivity index (χ1) is 12.8. The Labute approximate surface area is 149 Å². The molecule has 0 spiro atoms. The van der Waals surface area contributed by atoms with Gasteiger partial charge in [0.2, 0.25) is 6.10 Å². The van der Waals surface area contributed by atoms with E-state index in [0.29, 0.717) is 18.0 Å². The maximum Gasteiger partial charge on any atom is 0.271 e. The van der Waals surface area contributed by atoms with Crippen LogP contribution in [0.4, 0.5) is 5.69 Å². The van der Waals surface area contributed by atoms with Crippen molar-refractivity contribution in [3.8, 4) is 22.8 Å². The van der Waals surface area contributed by atoms with Crippen molar-refractivity contribution in [2.24, 2.45) is 0 Å². The van der Waals surface area contributed by atoms with Crippen LogP contribution in [0.5, 0.6) is 11.5 Å². The minimum Gasteiger partial charge on any atom is -0.485 e. The Kier molecular flexibility index (Phi) is 3.41. The zero-order valence-corrected chi connectivity index (χ0v) is 13.9. The van der Waals surface area contributed by atoms with Gasteiger partial charge in [-0.1, -0.05) is 17.3 Å². The molecule has 1 amide bonds. The summed E-state index contributed by atoms with van der Waals surface area (Å²) in [6.45, 7) is 0.855. The highest BCUT2D eigenvalue weighted by atomic mass is 16.6. The second-order valence-corrected chi connectivity index (χ2v) is 6.32. The predicted molar refractivity (Wildman–Crippen MR) is 94.3 cm³/mol. The molecule has 6 nitrogen and oxygen atoms in total. The summed E-state index contributed by atoms with van der Waals surface area (Å²) in [5.41, 5.74) is 2.99. The lowest BCUT2D eigenvalue weighted by Gasteiger charge is -2.29. The van der Waals surface area contributed by atoms with Gasteiger partial charge in [0.25, 0.3) is 5.91 Å². The molecule has 2 aliphatic heterocycles.